The Labute approximate surface area is 117 Å². The number of anilines is 1. The number of nitrogens with one attached hydrogen (secondary N) is 1. The lowest BCUT2D eigenvalue weighted by atomic mass is 10.3. The molecule has 21 heavy (non-hydrogen) atoms. The molecule has 0 bridgehead atoms. The molecule has 1 heterocycles. The third kappa shape index (κ3) is 3.12. The predicted molar refractivity (Wildman–Crippen MR) is 69.5 cm³/mol. The minimum atomic E-state index is -0.840. The fraction of sp³-hybridized carbons (Fsp3) is 0.0909. The topological polar surface area (TPSA) is 125 Å². The molecule has 10 heteroatoms. The van der Waals surface area contributed by atoms with E-state index in [0.717, 1.165) is 12.3 Å². The molecule has 0 radical (unpaired) electrons. The summed E-state index contributed by atoms with van der Waals surface area (Å²) in [4.78, 5) is 17.5. The van der Waals surface area contributed by atoms with E-state index in [2.05, 4.69) is 15.4 Å². The Morgan fingerprint density at radius 2 is 2.24 bits per heavy atom. The summed E-state index contributed by atoms with van der Waals surface area (Å²) in [7, 11) is 1.30. The lowest BCUT2D eigenvalue weighted by molar-refractivity contribution is -0.385. The number of methoxy groups -OCH3 is 1. The molecule has 3 N–H and O–H groups in total. The van der Waals surface area contributed by atoms with Gasteiger partial charge in [0.2, 0.25) is 11.8 Å². The number of nitrogen functional groups attached to an aromatic ring is 1. The molecular formula is C11H10FN5O4. The van der Waals surface area contributed by atoms with Crippen LogP contribution in [0.5, 0.6) is 17.4 Å². The van der Waals surface area contributed by atoms with Crippen LogP contribution in [0.15, 0.2) is 24.4 Å². The Balaban J connectivity index is 2.36. The molecule has 0 aliphatic rings. The lowest BCUT2D eigenvalue weighted by Crippen LogP contribution is -2.11. The predicted octanol–water partition coefficient (Wildman–Crippen LogP) is 1.61. The highest BCUT2D eigenvalue weighted by Crippen LogP contribution is 2.33. The van der Waals surface area contributed by atoms with Gasteiger partial charge in [-0.05, 0) is 12.1 Å². The largest absolute Gasteiger partial charge is 0.490 e. The molecule has 9 nitrogen and oxygen atoms in total. The highest BCUT2D eigenvalue weighted by molar-refractivity contribution is 5.51. The van der Waals surface area contributed by atoms with Gasteiger partial charge in [-0.15, -0.1) is 0 Å². The minimum Gasteiger partial charge on any atom is -0.490 e. The van der Waals surface area contributed by atoms with Crippen molar-refractivity contribution in [1.82, 2.24) is 9.97 Å². The Hall–Kier alpha value is -3.01. The highest BCUT2D eigenvalue weighted by atomic mass is 19.1. The van der Waals surface area contributed by atoms with Crippen molar-refractivity contribution >= 4 is 11.6 Å². The fourth-order valence-electron chi connectivity index (χ4n) is 1.48. The molecule has 0 spiro atoms. The van der Waals surface area contributed by atoms with Crippen molar-refractivity contribution in [3.63, 3.8) is 0 Å². The fourth-order valence-corrected chi connectivity index (χ4v) is 1.48. The van der Waals surface area contributed by atoms with E-state index in [4.69, 9.17) is 15.3 Å². The van der Waals surface area contributed by atoms with Crippen molar-refractivity contribution in [1.29, 1.82) is 0 Å². The van der Waals surface area contributed by atoms with Crippen LogP contribution < -0.4 is 20.7 Å². The van der Waals surface area contributed by atoms with E-state index in [-0.39, 0.29) is 23.1 Å². The molecule has 1 aromatic heterocycles. The van der Waals surface area contributed by atoms with Gasteiger partial charge in [0.1, 0.15) is 5.75 Å². The molecule has 110 valence electrons. The quantitative estimate of drug-likeness (QED) is 0.484. The van der Waals surface area contributed by atoms with E-state index in [1.165, 1.54) is 19.2 Å². The number of hydrogen-bond acceptors (Lipinski definition) is 8. The molecule has 2 aromatic rings. The van der Waals surface area contributed by atoms with Crippen LogP contribution in [0.2, 0.25) is 0 Å². The maximum atomic E-state index is 13.5. The zero-order valence-corrected chi connectivity index (χ0v) is 10.7. The Morgan fingerprint density at radius 3 is 2.86 bits per heavy atom. The van der Waals surface area contributed by atoms with Crippen molar-refractivity contribution in [3.8, 4) is 17.4 Å². The first kappa shape index (κ1) is 14.4. The van der Waals surface area contributed by atoms with Crippen LogP contribution in [0.25, 0.3) is 0 Å². The van der Waals surface area contributed by atoms with Gasteiger partial charge in [-0.2, -0.15) is 9.37 Å². The maximum absolute atomic E-state index is 13.5. The van der Waals surface area contributed by atoms with Crippen molar-refractivity contribution in [3.05, 3.63) is 40.3 Å². The van der Waals surface area contributed by atoms with Gasteiger partial charge >= 0.3 is 5.69 Å². The molecule has 0 amide bonds. The number of nitrogens with two attached hydrogens (primary N) is 1. The number of hydrogen-bond donors (Lipinski definition) is 2. The molecule has 0 saturated carbocycles. The molecule has 2 rings (SSSR count). The standard InChI is InChI=1S/C11H10FN5O4/c1-20-9-3-2-6(4-8(9)17(18)19)21-10-7(12)5-14-11(15-10)16-13/h2-5H,13H2,1H3,(H,14,15,16). The lowest BCUT2D eigenvalue weighted by Gasteiger charge is -2.08. The molecular weight excluding hydrogens is 285 g/mol. The first-order valence-electron chi connectivity index (χ1n) is 5.54. The van der Waals surface area contributed by atoms with E-state index in [9.17, 15) is 14.5 Å². The van der Waals surface area contributed by atoms with Gasteiger partial charge in [0.25, 0.3) is 5.88 Å². The molecule has 0 fully saturated rings. The molecule has 1 aromatic carbocycles. The number of nitro groups is 1. The molecule has 0 aliphatic carbocycles. The number of aromatic nitrogens is 2. The average molecular weight is 295 g/mol. The van der Waals surface area contributed by atoms with Crippen LogP contribution in [0, 0.1) is 15.9 Å². The summed E-state index contributed by atoms with van der Waals surface area (Å²) in [6.45, 7) is 0. The Morgan fingerprint density at radius 1 is 1.48 bits per heavy atom. The number of nitro benzene ring substituents is 1. The van der Waals surface area contributed by atoms with Gasteiger partial charge in [0.15, 0.2) is 5.75 Å². The Kier molecular flexibility index (Phi) is 4.09. The smallest absolute Gasteiger partial charge is 0.314 e. The van der Waals surface area contributed by atoms with Crippen molar-refractivity contribution in [2.45, 2.75) is 0 Å². The normalized spacial score (nSPS) is 10.0. The highest BCUT2D eigenvalue weighted by Gasteiger charge is 2.17. The number of nitrogens with zero attached hydrogens (tertiary/aromatic N) is 3. The van der Waals surface area contributed by atoms with Crippen LogP contribution in [-0.4, -0.2) is 22.0 Å². The number of benzene rings is 1. The van der Waals surface area contributed by atoms with Crippen molar-refractivity contribution in [2.24, 2.45) is 5.84 Å². The summed E-state index contributed by atoms with van der Waals surface area (Å²) in [6, 6.07) is 3.80. The SMILES string of the molecule is COc1ccc(Oc2nc(NN)ncc2F)cc1[N+](=O)[O-]. The monoisotopic (exact) mass is 295 g/mol. The van der Waals surface area contributed by atoms with Gasteiger partial charge < -0.3 is 9.47 Å². The summed E-state index contributed by atoms with van der Waals surface area (Å²) in [5.74, 6) is 3.86. The van der Waals surface area contributed by atoms with Gasteiger partial charge in [-0.25, -0.2) is 10.8 Å². The second-order valence-corrected chi connectivity index (χ2v) is 3.68. The third-order valence-corrected chi connectivity index (χ3v) is 2.40. The minimum absolute atomic E-state index is 0.0167. The first-order valence-corrected chi connectivity index (χ1v) is 5.54. The van der Waals surface area contributed by atoms with Crippen LogP contribution in [0.3, 0.4) is 0 Å². The van der Waals surface area contributed by atoms with Gasteiger partial charge in [0, 0.05) is 0 Å². The van der Waals surface area contributed by atoms with Gasteiger partial charge in [-0.3, -0.25) is 15.5 Å². The van der Waals surface area contributed by atoms with Crippen molar-refractivity contribution < 1.29 is 18.8 Å². The third-order valence-electron chi connectivity index (χ3n) is 2.40. The zero-order valence-electron chi connectivity index (χ0n) is 10.7. The average Bonchev–Trinajstić information content (AvgIpc) is 2.49. The number of rotatable bonds is 5. The second kappa shape index (κ2) is 5.96. The van der Waals surface area contributed by atoms with E-state index in [0.29, 0.717) is 0 Å². The van der Waals surface area contributed by atoms with Crippen molar-refractivity contribution in [2.75, 3.05) is 12.5 Å². The summed E-state index contributed by atoms with van der Waals surface area (Å²) in [6.07, 6.45) is 0.857. The summed E-state index contributed by atoms with van der Waals surface area (Å²) in [5.41, 5.74) is 1.81. The van der Waals surface area contributed by atoms with E-state index < -0.39 is 16.6 Å². The summed E-state index contributed by atoms with van der Waals surface area (Å²) in [5, 5.41) is 10.9. The van der Waals surface area contributed by atoms with E-state index >= 15 is 0 Å². The second-order valence-electron chi connectivity index (χ2n) is 3.68. The Bertz CT molecular complexity index is 682. The maximum Gasteiger partial charge on any atom is 0.314 e. The molecule has 0 atom stereocenters. The van der Waals surface area contributed by atoms with Crippen LogP contribution in [0.4, 0.5) is 16.0 Å². The van der Waals surface area contributed by atoms with Crippen LogP contribution in [-0.2, 0) is 0 Å². The van der Waals surface area contributed by atoms with Crippen LogP contribution in [0.1, 0.15) is 0 Å². The molecule has 0 saturated heterocycles. The van der Waals surface area contributed by atoms with Gasteiger partial charge in [0.05, 0.1) is 24.3 Å². The molecule has 0 aliphatic heterocycles. The number of halogens is 1. The number of hydrazine groups is 1. The zero-order chi connectivity index (χ0) is 15.4. The van der Waals surface area contributed by atoms with E-state index in [1.54, 1.807) is 0 Å². The van der Waals surface area contributed by atoms with E-state index in [1.807, 2.05) is 0 Å². The summed E-state index contributed by atoms with van der Waals surface area (Å²) < 4.78 is 23.5. The first-order chi connectivity index (χ1) is 10.0. The van der Waals surface area contributed by atoms with Crippen LogP contribution >= 0.6 is 0 Å². The number of ether oxygens (including phenoxy) is 2. The van der Waals surface area contributed by atoms with Gasteiger partial charge in [-0.1, -0.05) is 0 Å². The summed E-state index contributed by atoms with van der Waals surface area (Å²) >= 11 is 0. The molecule has 0 unspecified atom stereocenters.